The van der Waals surface area contributed by atoms with Gasteiger partial charge in [-0.25, -0.2) is 4.98 Å². The van der Waals surface area contributed by atoms with Gasteiger partial charge in [0, 0.05) is 19.0 Å². The zero-order valence-electron chi connectivity index (χ0n) is 6.01. The van der Waals surface area contributed by atoms with E-state index in [-0.39, 0.29) is 0 Å². The van der Waals surface area contributed by atoms with Crippen LogP contribution in [0.5, 0.6) is 0 Å². The monoisotopic (exact) mass is 172 g/mol. The summed E-state index contributed by atoms with van der Waals surface area (Å²) in [6.07, 6.45) is 1.46. The van der Waals surface area contributed by atoms with Crippen molar-refractivity contribution in [3.05, 3.63) is 17.8 Å². The van der Waals surface area contributed by atoms with Gasteiger partial charge in [-0.15, -0.1) is 11.6 Å². The fourth-order valence-corrected chi connectivity index (χ4v) is 1.39. The predicted octanol–water partition coefficient (Wildman–Crippen LogP) is 1.10. The highest BCUT2D eigenvalue weighted by atomic mass is 35.5. The number of rotatable bonds is 2. The topological polar surface area (TPSA) is 38.1 Å². The van der Waals surface area contributed by atoms with Gasteiger partial charge in [0.05, 0.1) is 11.6 Å². The molecule has 60 valence electrons. The van der Waals surface area contributed by atoms with E-state index in [9.17, 15) is 0 Å². The van der Waals surface area contributed by atoms with E-state index in [1.807, 2.05) is 0 Å². The van der Waals surface area contributed by atoms with Crippen LogP contribution >= 0.6 is 11.6 Å². The molecule has 11 heavy (non-hydrogen) atoms. The van der Waals surface area contributed by atoms with Gasteiger partial charge in [0.2, 0.25) is 0 Å². The van der Waals surface area contributed by atoms with Crippen molar-refractivity contribution in [2.24, 2.45) is 0 Å². The zero-order chi connectivity index (χ0) is 7.68. The van der Waals surface area contributed by atoms with Crippen LogP contribution in [0, 0.1) is 0 Å². The quantitative estimate of drug-likeness (QED) is 0.679. The summed E-state index contributed by atoms with van der Waals surface area (Å²) in [7, 11) is 0. The molecule has 2 heterocycles. The maximum Gasteiger partial charge on any atom is 0.181 e. The Bertz CT molecular complexity index is 244. The molecule has 1 saturated heterocycles. The first-order valence-corrected chi connectivity index (χ1v) is 4.14. The largest absolute Gasteiger partial charge is 0.448 e. The molecule has 0 aliphatic carbocycles. The SMILES string of the molecule is ClCc1ncoc1C1CNC1. The van der Waals surface area contributed by atoms with E-state index >= 15 is 0 Å². The second-order valence-corrected chi connectivity index (χ2v) is 2.92. The van der Waals surface area contributed by atoms with Gasteiger partial charge in [-0.2, -0.15) is 0 Å². The lowest BCUT2D eigenvalue weighted by Gasteiger charge is -2.25. The number of oxazole rings is 1. The van der Waals surface area contributed by atoms with E-state index in [0.29, 0.717) is 11.8 Å². The lowest BCUT2D eigenvalue weighted by Crippen LogP contribution is -2.40. The lowest BCUT2D eigenvalue weighted by atomic mass is 9.99. The molecule has 0 bridgehead atoms. The fraction of sp³-hybridized carbons (Fsp3) is 0.571. The van der Waals surface area contributed by atoms with Crippen molar-refractivity contribution in [2.45, 2.75) is 11.8 Å². The van der Waals surface area contributed by atoms with Crippen molar-refractivity contribution in [2.75, 3.05) is 13.1 Å². The highest BCUT2D eigenvalue weighted by Crippen LogP contribution is 2.23. The molecular weight excluding hydrogens is 164 g/mol. The summed E-state index contributed by atoms with van der Waals surface area (Å²) in [6, 6.07) is 0. The minimum atomic E-state index is 0.447. The number of nitrogens with zero attached hydrogens (tertiary/aromatic N) is 1. The summed E-state index contributed by atoms with van der Waals surface area (Å²) in [5.74, 6) is 1.90. The Morgan fingerprint density at radius 3 is 3.09 bits per heavy atom. The van der Waals surface area contributed by atoms with Crippen LogP contribution in [-0.4, -0.2) is 18.1 Å². The number of hydrogen-bond acceptors (Lipinski definition) is 3. The number of alkyl halides is 1. The van der Waals surface area contributed by atoms with Gasteiger partial charge >= 0.3 is 0 Å². The molecule has 0 spiro atoms. The van der Waals surface area contributed by atoms with E-state index in [1.165, 1.54) is 6.39 Å². The Morgan fingerprint density at radius 1 is 1.73 bits per heavy atom. The molecule has 0 atom stereocenters. The smallest absolute Gasteiger partial charge is 0.181 e. The summed E-state index contributed by atoms with van der Waals surface area (Å²) >= 11 is 5.66. The molecule has 0 saturated carbocycles. The second kappa shape index (κ2) is 2.83. The van der Waals surface area contributed by atoms with Crippen LogP contribution in [0.25, 0.3) is 0 Å². The van der Waals surface area contributed by atoms with Crippen molar-refractivity contribution in [1.29, 1.82) is 0 Å². The molecule has 3 nitrogen and oxygen atoms in total. The lowest BCUT2D eigenvalue weighted by molar-refractivity contribution is 0.366. The molecule has 0 amide bonds. The Hall–Kier alpha value is -0.540. The standard InChI is InChI=1S/C7H9ClN2O/c8-1-6-7(11-4-10-6)5-2-9-3-5/h4-5,9H,1-3H2. The van der Waals surface area contributed by atoms with Gasteiger partial charge in [-0.05, 0) is 0 Å². The van der Waals surface area contributed by atoms with Gasteiger partial charge in [0.1, 0.15) is 5.76 Å². The number of hydrogen-bond donors (Lipinski definition) is 1. The third-order valence-corrected chi connectivity index (χ3v) is 2.20. The normalized spacial score (nSPS) is 18.3. The van der Waals surface area contributed by atoms with E-state index < -0.39 is 0 Å². The highest BCUT2D eigenvalue weighted by molar-refractivity contribution is 6.16. The Labute approximate surface area is 69.8 Å². The molecule has 1 N–H and O–H groups in total. The maximum absolute atomic E-state index is 5.66. The first-order chi connectivity index (χ1) is 5.42. The Morgan fingerprint density at radius 2 is 2.55 bits per heavy atom. The minimum Gasteiger partial charge on any atom is -0.448 e. The van der Waals surface area contributed by atoms with E-state index in [2.05, 4.69) is 10.3 Å². The van der Waals surface area contributed by atoms with E-state index in [4.69, 9.17) is 16.0 Å². The predicted molar refractivity (Wildman–Crippen MR) is 41.7 cm³/mol. The third kappa shape index (κ3) is 1.14. The molecule has 1 fully saturated rings. The van der Waals surface area contributed by atoms with Crippen LogP contribution in [0.1, 0.15) is 17.4 Å². The van der Waals surface area contributed by atoms with Crippen LogP contribution in [0.3, 0.4) is 0 Å². The minimum absolute atomic E-state index is 0.447. The van der Waals surface area contributed by atoms with Crippen molar-refractivity contribution >= 4 is 11.6 Å². The van der Waals surface area contributed by atoms with Crippen molar-refractivity contribution < 1.29 is 4.42 Å². The molecule has 0 aromatic carbocycles. The average Bonchev–Trinajstić information content (AvgIpc) is 2.32. The van der Waals surface area contributed by atoms with Gasteiger partial charge in [0.25, 0.3) is 0 Å². The number of halogens is 1. The summed E-state index contributed by atoms with van der Waals surface area (Å²) in [4.78, 5) is 4.01. The molecule has 1 aliphatic heterocycles. The van der Waals surface area contributed by atoms with Crippen LogP contribution < -0.4 is 5.32 Å². The van der Waals surface area contributed by atoms with Gasteiger partial charge in [-0.1, -0.05) is 0 Å². The maximum atomic E-state index is 5.66. The van der Waals surface area contributed by atoms with Gasteiger partial charge in [0.15, 0.2) is 6.39 Å². The summed E-state index contributed by atoms with van der Waals surface area (Å²) in [5.41, 5.74) is 0.887. The van der Waals surface area contributed by atoms with Gasteiger partial charge < -0.3 is 9.73 Å². The summed E-state index contributed by atoms with van der Waals surface area (Å²) in [5, 5.41) is 3.17. The van der Waals surface area contributed by atoms with Crippen LogP contribution in [-0.2, 0) is 5.88 Å². The summed E-state index contributed by atoms with van der Waals surface area (Å²) in [6.45, 7) is 1.97. The molecule has 2 rings (SSSR count). The molecule has 1 aromatic heterocycles. The second-order valence-electron chi connectivity index (χ2n) is 2.65. The molecule has 0 radical (unpaired) electrons. The van der Waals surface area contributed by atoms with Crippen LogP contribution in [0.4, 0.5) is 0 Å². The van der Waals surface area contributed by atoms with Crippen molar-refractivity contribution in [3.8, 4) is 0 Å². The molecule has 4 heteroatoms. The highest BCUT2D eigenvalue weighted by Gasteiger charge is 2.24. The van der Waals surface area contributed by atoms with Crippen LogP contribution in [0.2, 0.25) is 0 Å². The summed E-state index contributed by atoms with van der Waals surface area (Å²) < 4.78 is 5.22. The number of aromatic nitrogens is 1. The average molecular weight is 173 g/mol. The third-order valence-electron chi connectivity index (χ3n) is 1.95. The fourth-order valence-electron chi connectivity index (χ4n) is 1.18. The first kappa shape index (κ1) is 7.13. The van der Waals surface area contributed by atoms with Gasteiger partial charge in [-0.3, -0.25) is 0 Å². The molecular formula is C7H9ClN2O. The number of nitrogens with one attached hydrogen (secondary N) is 1. The first-order valence-electron chi connectivity index (χ1n) is 3.60. The molecule has 0 unspecified atom stereocenters. The van der Waals surface area contributed by atoms with Crippen molar-refractivity contribution in [1.82, 2.24) is 10.3 Å². The van der Waals surface area contributed by atoms with E-state index in [1.54, 1.807) is 0 Å². The van der Waals surface area contributed by atoms with Crippen molar-refractivity contribution in [3.63, 3.8) is 0 Å². The molecule has 1 aromatic rings. The van der Waals surface area contributed by atoms with Crippen LogP contribution in [0.15, 0.2) is 10.8 Å². The zero-order valence-corrected chi connectivity index (χ0v) is 6.77. The molecule has 1 aliphatic rings. The Balaban J connectivity index is 2.20. The van der Waals surface area contributed by atoms with E-state index in [0.717, 1.165) is 24.5 Å². The Kier molecular flexibility index (Phi) is 1.84.